The fourth-order valence-electron chi connectivity index (χ4n) is 4.59. The van der Waals surface area contributed by atoms with Crippen molar-refractivity contribution in [2.75, 3.05) is 38.0 Å². The van der Waals surface area contributed by atoms with Gasteiger partial charge in [-0.3, -0.25) is 4.79 Å². The Labute approximate surface area is 246 Å². The SMILES string of the molecule is CCCN(C(=O)Cc1ccc(NC(=O)Nc2ccccc2C)c(OC)c1C)C(C)COc1ccc(C(=O)O)cc1OC. The van der Waals surface area contributed by atoms with E-state index in [1.807, 2.05) is 58.0 Å². The first-order chi connectivity index (χ1) is 20.1. The molecule has 0 spiro atoms. The van der Waals surface area contributed by atoms with Crippen LogP contribution in [0.3, 0.4) is 0 Å². The molecule has 224 valence electrons. The fourth-order valence-corrected chi connectivity index (χ4v) is 4.59. The van der Waals surface area contributed by atoms with Crippen molar-refractivity contribution in [3.8, 4) is 17.2 Å². The van der Waals surface area contributed by atoms with E-state index in [1.165, 1.54) is 26.4 Å². The van der Waals surface area contributed by atoms with Gasteiger partial charge in [-0.25, -0.2) is 9.59 Å². The largest absolute Gasteiger partial charge is 0.494 e. The molecule has 3 amide bonds. The van der Waals surface area contributed by atoms with Crippen molar-refractivity contribution in [1.29, 1.82) is 0 Å². The van der Waals surface area contributed by atoms with E-state index in [1.54, 1.807) is 17.0 Å². The van der Waals surface area contributed by atoms with Crippen LogP contribution in [-0.2, 0) is 11.2 Å². The van der Waals surface area contributed by atoms with Crippen LogP contribution in [-0.4, -0.2) is 61.3 Å². The molecule has 0 aliphatic rings. The highest BCUT2D eigenvalue weighted by Gasteiger charge is 2.23. The lowest BCUT2D eigenvalue weighted by molar-refractivity contribution is -0.133. The van der Waals surface area contributed by atoms with E-state index in [9.17, 15) is 19.5 Å². The van der Waals surface area contributed by atoms with E-state index in [4.69, 9.17) is 14.2 Å². The van der Waals surface area contributed by atoms with Crippen LogP contribution >= 0.6 is 0 Å². The molecular weight excluding hydrogens is 538 g/mol. The highest BCUT2D eigenvalue weighted by molar-refractivity contribution is 6.01. The topological polar surface area (TPSA) is 126 Å². The number of nitrogens with zero attached hydrogens (tertiary/aromatic N) is 1. The van der Waals surface area contributed by atoms with E-state index in [0.29, 0.717) is 35.2 Å². The molecule has 3 aromatic rings. The second kappa shape index (κ2) is 14.8. The zero-order chi connectivity index (χ0) is 30.8. The number of urea groups is 1. The predicted octanol–water partition coefficient (Wildman–Crippen LogP) is 5.91. The van der Waals surface area contributed by atoms with Crippen LogP contribution in [0.15, 0.2) is 54.6 Å². The van der Waals surface area contributed by atoms with Crippen LogP contribution in [0.4, 0.5) is 16.2 Å². The van der Waals surface area contributed by atoms with Crippen LogP contribution < -0.4 is 24.8 Å². The summed E-state index contributed by atoms with van der Waals surface area (Å²) in [7, 11) is 2.97. The van der Waals surface area contributed by atoms with E-state index in [-0.39, 0.29) is 30.5 Å². The summed E-state index contributed by atoms with van der Waals surface area (Å²) >= 11 is 0. The summed E-state index contributed by atoms with van der Waals surface area (Å²) in [4.78, 5) is 39.2. The first kappa shape index (κ1) is 31.8. The Bertz CT molecular complexity index is 1420. The molecule has 3 N–H and O–H groups in total. The summed E-state index contributed by atoms with van der Waals surface area (Å²) in [6.45, 7) is 8.40. The number of nitrogens with one attached hydrogen (secondary N) is 2. The summed E-state index contributed by atoms with van der Waals surface area (Å²) < 4.78 is 16.9. The molecule has 1 atom stereocenters. The molecule has 3 rings (SSSR count). The third-order valence-corrected chi connectivity index (χ3v) is 6.91. The lowest BCUT2D eigenvalue weighted by Crippen LogP contribution is -2.43. The van der Waals surface area contributed by atoms with Crippen molar-refractivity contribution in [2.45, 2.75) is 46.6 Å². The maximum atomic E-state index is 13.5. The minimum Gasteiger partial charge on any atom is -0.494 e. The summed E-state index contributed by atoms with van der Waals surface area (Å²) in [5.41, 5.74) is 3.76. The van der Waals surface area contributed by atoms with Crippen LogP contribution in [0.1, 0.15) is 47.3 Å². The second-order valence-electron chi connectivity index (χ2n) is 9.92. The third-order valence-electron chi connectivity index (χ3n) is 6.91. The summed E-state index contributed by atoms with van der Waals surface area (Å²) in [6, 6.07) is 14.8. The first-order valence-corrected chi connectivity index (χ1v) is 13.7. The number of aromatic carboxylic acids is 1. The molecule has 0 bridgehead atoms. The average molecular weight is 578 g/mol. The van der Waals surface area contributed by atoms with Crippen molar-refractivity contribution < 1.29 is 33.7 Å². The Balaban J connectivity index is 1.71. The summed E-state index contributed by atoms with van der Waals surface area (Å²) in [5.74, 6) is 0.0434. The Hall–Kier alpha value is -4.73. The van der Waals surface area contributed by atoms with Crippen molar-refractivity contribution >= 4 is 29.3 Å². The van der Waals surface area contributed by atoms with Crippen LogP contribution in [0.2, 0.25) is 0 Å². The lowest BCUT2D eigenvalue weighted by atomic mass is 10.0. The molecule has 10 heteroatoms. The quantitative estimate of drug-likeness (QED) is 0.230. The van der Waals surface area contributed by atoms with Gasteiger partial charge in [0.25, 0.3) is 0 Å². The molecule has 0 radical (unpaired) electrons. The van der Waals surface area contributed by atoms with Crippen molar-refractivity contribution in [2.24, 2.45) is 0 Å². The lowest BCUT2D eigenvalue weighted by Gasteiger charge is -2.29. The highest BCUT2D eigenvalue weighted by Crippen LogP contribution is 2.32. The number of carboxylic acid groups (broad SMARTS) is 1. The van der Waals surface area contributed by atoms with E-state index in [2.05, 4.69) is 10.6 Å². The number of methoxy groups -OCH3 is 2. The number of hydrogen-bond acceptors (Lipinski definition) is 6. The second-order valence-corrected chi connectivity index (χ2v) is 9.92. The summed E-state index contributed by atoms with van der Waals surface area (Å²) in [5, 5.41) is 14.9. The summed E-state index contributed by atoms with van der Waals surface area (Å²) in [6.07, 6.45) is 0.896. The molecule has 1 unspecified atom stereocenters. The number of hydrogen-bond donors (Lipinski definition) is 3. The van der Waals surface area contributed by atoms with Gasteiger partial charge < -0.3 is 34.9 Å². The number of carboxylic acids is 1. The highest BCUT2D eigenvalue weighted by atomic mass is 16.5. The van der Waals surface area contributed by atoms with Gasteiger partial charge in [-0.05, 0) is 74.2 Å². The number of anilines is 2. The third kappa shape index (κ3) is 7.93. The Morgan fingerprint density at radius 3 is 2.29 bits per heavy atom. The molecule has 0 aromatic heterocycles. The molecule has 0 heterocycles. The normalized spacial score (nSPS) is 11.3. The van der Waals surface area contributed by atoms with Gasteiger partial charge in [0.15, 0.2) is 11.5 Å². The van der Waals surface area contributed by atoms with Crippen LogP contribution in [0.5, 0.6) is 17.2 Å². The van der Waals surface area contributed by atoms with Crippen molar-refractivity contribution in [3.05, 3.63) is 76.9 Å². The molecule has 0 saturated carbocycles. The maximum absolute atomic E-state index is 13.5. The van der Waals surface area contributed by atoms with Gasteiger partial charge in [0.05, 0.1) is 37.9 Å². The van der Waals surface area contributed by atoms with Gasteiger partial charge in [0, 0.05) is 12.2 Å². The molecule has 0 aliphatic carbocycles. The first-order valence-electron chi connectivity index (χ1n) is 13.7. The minimum absolute atomic E-state index is 0.0794. The fraction of sp³-hybridized carbons (Fsp3) is 0.344. The molecule has 0 saturated heterocycles. The number of benzene rings is 3. The van der Waals surface area contributed by atoms with Gasteiger partial charge in [0.1, 0.15) is 12.4 Å². The van der Waals surface area contributed by atoms with Crippen LogP contribution in [0, 0.1) is 13.8 Å². The Morgan fingerprint density at radius 1 is 0.929 bits per heavy atom. The van der Waals surface area contributed by atoms with Gasteiger partial charge in [-0.15, -0.1) is 0 Å². The predicted molar refractivity (Wildman–Crippen MR) is 162 cm³/mol. The van der Waals surface area contributed by atoms with E-state index >= 15 is 0 Å². The van der Waals surface area contributed by atoms with E-state index in [0.717, 1.165) is 23.1 Å². The number of carbonyl (C=O) groups excluding carboxylic acids is 2. The standard InChI is InChI=1S/C32H39N3O7/c1-7-16-35(21(3)19-42-27-15-13-24(31(37)38)17-28(27)40-5)29(36)18-23-12-14-26(30(41-6)22(23)4)34-32(39)33-25-11-9-8-10-20(25)2/h8-15,17,21H,7,16,18-19H2,1-6H3,(H,37,38)(H2,33,34,39). The zero-order valence-corrected chi connectivity index (χ0v) is 24.9. The van der Waals surface area contributed by atoms with Gasteiger partial charge >= 0.3 is 12.0 Å². The van der Waals surface area contributed by atoms with Gasteiger partial charge in [-0.1, -0.05) is 31.2 Å². The van der Waals surface area contributed by atoms with E-state index < -0.39 is 12.0 Å². The zero-order valence-electron chi connectivity index (χ0n) is 24.9. The number of rotatable bonds is 13. The molecule has 42 heavy (non-hydrogen) atoms. The minimum atomic E-state index is -1.06. The number of carbonyl (C=O) groups is 3. The molecular formula is C32H39N3O7. The monoisotopic (exact) mass is 577 g/mol. The number of aryl methyl sites for hydroxylation is 1. The molecule has 3 aromatic carbocycles. The maximum Gasteiger partial charge on any atom is 0.335 e. The van der Waals surface area contributed by atoms with Gasteiger partial charge in [-0.2, -0.15) is 0 Å². The Morgan fingerprint density at radius 2 is 1.64 bits per heavy atom. The molecule has 0 fully saturated rings. The number of para-hydroxylation sites is 1. The van der Waals surface area contributed by atoms with Gasteiger partial charge in [0.2, 0.25) is 5.91 Å². The van der Waals surface area contributed by atoms with Crippen LogP contribution in [0.25, 0.3) is 0 Å². The smallest absolute Gasteiger partial charge is 0.335 e. The molecule has 10 nitrogen and oxygen atoms in total. The number of ether oxygens (including phenoxy) is 3. The Kier molecular flexibility index (Phi) is 11.2. The number of amides is 3. The molecule has 0 aliphatic heterocycles. The van der Waals surface area contributed by atoms with Crippen molar-refractivity contribution in [1.82, 2.24) is 4.90 Å². The van der Waals surface area contributed by atoms with Crippen molar-refractivity contribution in [3.63, 3.8) is 0 Å². The average Bonchev–Trinajstić information content (AvgIpc) is 2.97.